The van der Waals surface area contributed by atoms with Crippen molar-refractivity contribution in [3.63, 3.8) is 0 Å². The van der Waals surface area contributed by atoms with Gasteiger partial charge in [0.2, 0.25) is 0 Å². The van der Waals surface area contributed by atoms with Crippen LogP contribution in [-0.4, -0.2) is 20.3 Å². The largest absolute Gasteiger partial charge is 0.325 e. The molecule has 0 aromatic carbocycles. The first kappa shape index (κ1) is 11.6. The molecule has 0 spiro atoms. The van der Waals surface area contributed by atoms with Crippen LogP contribution in [0.25, 0.3) is 0 Å². The van der Waals surface area contributed by atoms with E-state index >= 15 is 0 Å². The summed E-state index contributed by atoms with van der Waals surface area (Å²) in [5.41, 5.74) is 6.36. The van der Waals surface area contributed by atoms with Crippen LogP contribution in [0, 0.1) is 6.92 Å². The van der Waals surface area contributed by atoms with Crippen LogP contribution in [0.5, 0.6) is 0 Å². The van der Waals surface area contributed by atoms with Crippen LogP contribution >= 0.6 is 0 Å². The van der Waals surface area contributed by atoms with Gasteiger partial charge in [0.15, 0.2) is 0 Å². The lowest BCUT2D eigenvalue weighted by Gasteiger charge is -2.23. The molecule has 4 nitrogen and oxygen atoms in total. The molecule has 1 aliphatic carbocycles. The average Bonchev–Trinajstić information content (AvgIpc) is 2.80. The summed E-state index contributed by atoms with van der Waals surface area (Å²) in [6.07, 6.45) is 6.78. The third kappa shape index (κ3) is 2.26. The van der Waals surface area contributed by atoms with Crippen LogP contribution < -0.4 is 5.73 Å². The summed E-state index contributed by atoms with van der Waals surface area (Å²) in [7, 11) is 0. The van der Waals surface area contributed by atoms with E-state index < -0.39 is 0 Å². The zero-order valence-corrected chi connectivity index (χ0v) is 10.4. The smallest absolute Gasteiger partial charge is 0.134 e. The summed E-state index contributed by atoms with van der Waals surface area (Å²) < 4.78 is 2.22. The standard InChI is InChI=1S/C12H22N4/c1-3-8-16-10(2)14-15-11(16)9-12(13)6-4-5-7-12/h3-9,13H2,1-2H3. The minimum Gasteiger partial charge on any atom is -0.325 e. The van der Waals surface area contributed by atoms with Gasteiger partial charge in [0.25, 0.3) is 0 Å². The zero-order chi connectivity index (χ0) is 11.6. The SMILES string of the molecule is CCCn1c(C)nnc1CC1(N)CCCC1. The minimum absolute atomic E-state index is 0.0229. The van der Waals surface area contributed by atoms with Gasteiger partial charge in [-0.05, 0) is 26.2 Å². The molecule has 90 valence electrons. The summed E-state index contributed by atoms with van der Waals surface area (Å²) in [4.78, 5) is 0. The molecule has 1 fully saturated rings. The van der Waals surface area contributed by atoms with Crippen molar-refractivity contribution >= 4 is 0 Å². The van der Waals surface area contributed by atoms with Gasteiger partial charge in [0.1, 0.15) is 11.6 Å². The fourth-order valence-electron chi connectivity index (χ4n) is 2.64. The molecule has 4 heteroatoms. The lowest BCUT2D eigenvalue weighted by atomic mass is 9.94. The van der Waals surface area contributed by atoms with Crippen molar-refractivity contribution in [1.82, 2.24) is 14.8 Å². The van der Waals surface area contributed by atoms with Gasteiger partial charge in [-0.1, -0.05) is 19.8 Å². The van der Waals surface area contributed by atoms with Crippen molar-refractivity contribution in [2.24, 2.45) is 5.73 Å². The Balaban J connectivity index is 2.14. The third-order valence-corrected chi connectivity index (χ3v) is 3.57. The van der Waals surface area contributed by atoms with Crippen LogP contribution in [-0.2, 0) is 13.0 Å². The van der Waals surface area contributed by atoms with E-state index in [1.165, 1.54) is 12.8 Å². The highest BCUT2D eigenvalue weighted by Crippen LogP contribution is 2.30. The quantitative estimate of drug-likeness (QED) is 0.845. The van der Waals surface area contributed by atoms with E-state index in [-0.39, 0.29) is 5.54 Å². The summed E-state index contributed by atoms with van der Waals surface area (Å²) in [6.45, 7) is 5.20. The second-order valence-corrected chi connectivity index (χ2v) is 5.06. The van der Waals surface area contributed by atoms with Gasteiger partial charge < -0.3 is 10.3 Å². The van der Waals surface area contributed by atoms with E-state index in [9.17, 15) is 0 Å². The van der Waals surface area contributed by atoms with Gasteiger partial charge in [0, 0.05) is 18.5 Å². The normalized spacial score (nSPS) is 19.2. The van der Waals surface area contributed by atoms with Crippen molar-refractivity contribution < 1.29 is 0 Å². The molecule has 1 aromatic rings. The highest BCUT2D eigenvalue weighted by Gasteiger charge is 2.31. The predicted molar refractivity (Wildman–Crippen MR) is 64.1 cm³/mol. The molecule has 0 atom stereocenters. The highest BCUT2D eigenvalue weighted by molar-refractivity contribution is 5.03. The molecule has 2 rings (SSSR count). The Morgan fingerprint density at radius 3 is 2.62 bits per heavy atom. The van der Waals surface area contributed by atoms with E-state index in [0.29, 0.717) is 0 Å². The molecule has 0 saturated heterocycles. The summed E-state index contributed by atoms with van der Waals surface area (Å²) in [5.74, 6) is 2.09. The van der Waals surface area contributed by atoms with Gasteiger partial charge in [-0.3, -0.25) is 0 Å². The molecule has 1 aliphatic rings. The molecule has 0 bridgehead atoms. The number of nitrogens with two attached hydrogens (primary N) is 1. The molecule has 0 amide bonds. The molecule has 16 heavy (non-hydrogen) atoms. The van der Waals surface area contributed by atoms with Gasteiger partial charge in [-0.15, -0.1) is 10.2 Å². The Bertz CT molecular complexity index is 350. The van der Waals surface area contributed by atoms with E-state index in [2.05, 4.69) is 21.7 Å². The number of hydrogen-bond donors (Lipinski definition) is 1. The maximum atomic E-state index is 6.38. The number of aromatic nitrogens is 3. The molecular formula is C12H22N4. The van der Waals surface area contributed by atoms with Gasteiger partial charge in [0.05, 0.1) is 0 Å². The van der Waals surface area contributed by atoms with Crippen LogP contribution in [0.3, 0.4) is 0 Å². The molecule has 2 N–H and O–H groups in total. The Morgan fingerprint density at radius 2 is 2.00 bits per heavy atom. The van der Waals surface area contributed by atoms with E-state index in [1.54, 1.807) is 0 Å². The van der Waals surface area contributed by atoms with Crippen LogP contribution in [0.2, 0.25) is 0 Å². The van der Waals surface area contributed by atoms with Crippen molar-refractivity contribution in [3.05, 3.63) is 11.6 Å². The Hall–Kier alpha value is -0.900. The first-order valence-electron chi connectivity index (χ1n) is 6.32. The predicted octanol–water partition coefficient (Wildman–Crippen LogP) is 1.81. The monoisotopic (exact) mass is 222 g/mol. The molecule has 0 aliphatic heterocycles. The molecule has 0 unspecified atom stereocenters. The zero-order valence-electron chi connectivity index (χ0n) is 10.4. The Kier molecular flexibility index (Phi) is 3.28. The first-order chi connectivity index (χ1) is 7.64. The molecular weight excluding hydrogens is 200 g/mol. The fraction of sp³-hybridized carbons (Fsp3) is 0.833. The van der Waals surface area contributed by atoms with Gasteiger partial charge >= 0.3 is 0 Å². The van der Waals surface area contributed by atoms with Crippen molar-refractivity contribution in [1.29, 1.82) is 0 Å². The topological polar surface area (TPSA) is 56.7 Å². The summed E-state index contributed by atoms with van der Waals surface area (Å²) >= 11 is 0. The highest BCUT2D eigenvalue weighted by atomic mass is 15.3. The van der Waals surface area contributed by atoms with E-state index in [1.807, 2.05) is 6.92 Å². The average molecular weight is 222 g/mol. The Labute approximate surface area is 97.2 Å². The maximum Gasteiger partial charge on any atom is 0.134 e. The molecule has 0 radical (unpaired) electrons. The van der Waals surface area contributed by atoms with Crippen LogP contribution in [0.4, 0.5) is 0 Å². The summed E-state index contributed by atoms with van der Waals surface area (Å²) in [6, 6.07) is 0. The maximum absolute atomic E-state index is 6.38. The Morgan fingerprint density at radius 1 is 1.31 bits per heavy atom. The fourth-order valence-corrected chi connectivity index (χ4v) is 2.64. The minimum atomic E-state index is -0.0229. The van der Waals surface area contributed by atoms with E-state index in [0.717, 1.165) is 43.9 Å². The number of hydrogen-bond acceptors (Lipinski definition) is 3. The van der Waals surface area contributed by atoms with Crippen LogP contribution in [0.1, 0.15) is 50.7 Å². The van der Waals surface area contributed by atoms with Crippen molar-refractivity contribution in [2.45, 2.75) is 64.5 Å². The van der Waals surface area contributed by atoms with Gasteiger partial charge in [-0.2, -0.15) is 0 Å². The third-order valence-electron chi connectivity index (χ3n) is 3.57. The van der Waals surface area contributed by atoms with E-state index in [4.69, 9.17) is 5.73 Å². The number of rotatable bonds is 4. The van der Waals surface area contributed by atoms with Crippen LogP contribution in [0.15, 0.2) is 0 Å². The lowest BCUT2D eigenvalue weighted by Crippen LogP contribution is -2.39. The molecule has 1 aromatic heterocycles. The van der Waals surface area contributed by atoms with Gasteiger partial charge in [-0.25, -0.2) is 0 Å². The van der Waals surface area contributed by atoms with Crippen molar-refractivity contribution in [3.8, 4) is 0 Å². The number of nitrogens with zero attached hydrogens (tertiary/aromatic N) is 3. The second kappa shape index (κ2) is 4.53. The second-order valence-electron chi connectivity index (χ2n) is 5.06. The first-order valence-corrected chi connectivity index (χ1v) is 6.32. The van der Waals surface area contributed by atoms with Crippen molar-refractivity contribution in [2.75, 3.05) is 0 Å². The molecule has 1 heterocycles. The molecule has 1 saturated carbocycles. The number of aryl methyl sites for hydroxylation is 1. The summed E-state index contributed by atoms with van der Waals surface area (Å²) in [5, 5.41) is 8.44. The lowest BCUT2D eigenvalue weighted by molar-refractivity contribution is 0.415.